The van der Waals surface area contributed by atoms with Gasteiger partial charge in [-0.05, 0) is 66.6 Å². The number of aliphatic hydroxyl groups excluding tert-OH is 2. The van der Waals surface area contributed by atoms with Crippen LogP contribution in [0.5, 0.6) is 34.5 Å². The fourth-order valence-electron chi connectivity index (χ4n) is 7.98. The zero-order chi connectivity index (χ0) is 42.5. The Morgan fingerprint density at radius 2 is 1.77 bits per heavy atom. The first-order valence-corrected chi connectivity index (χ1v) is 20.3. The van der Waals surface area contributed by atoms with Crippen molar-refractivity contribution >= 4 is 11.9 Å². The predicted octanol–water partition coefficient (Wildman–Crippen LogP) is 3.61. The molecule has 1 fully saturated rings. The number of rotatable bonds is 19. The Kier molecular flexibility index (Phi) is 13.8. The summed E-state index contributed by atoms with van der Waals surface area (Å²) in [4.78, 5) is 35.5. The second-order valence-corrected chi connectivity index (χ2v) is 15.6. The van der Waals surface area contributed by atoms with Crippen LogP contribution in [-0.4, -0.2) is 109 Å². The summed E-state index contributed by atoms with van der Waals surface area (Å²) < 4.78 is 48.1. The Morgan fingerprint density at radius 1 is 0.950 bits per heavy atom. The van der Waals surface area contributed by atoms with Crippen LogP contribution in [0.4, 0.5) is 0 Å². The number of nitrogens with two attached hydrogens (primary N) is 1. The lowest BCUT2D eigenvalue weighted by Crippen LogP contribution is -2.61. The maximum atomic E-state index is 12.1. The zero-order valence-electron chi connectivity index (χ0n) is 33.8. The van der Waals surface area contributed by atoms with Crippen LogP contribution in [0.1, 0.15) is 79.0 Å². The van der Waals surface area contributed by atoms with E-state index in [-0.39, 0.29) is 57.0 Å². The molecule has 4 aliphatic rings. The molecule has 0 saturated carbocycles. The third-order valence-electron chi connectivity index (χ3n) is 10.7. The van der Waals surface area contributed by atoms with Crippen molar-refractivity contribution in [1.82, 2.24) is 0 Å². The largest absolute Gasteiger partial charge is 0.508 e. The van der Waals surface area contributed by atoms with Crippen LogP contribution < -0.4 is 29.6 Å². The van der Waals surface area contributed by atoms with Gasteiger partial charge in [-0.1, -0.05) is 26.8 Å². The van der Waals surface area contributed by atoms with Crippen molar-refractivity contribution in [2.24, 2.45) is 11.7 Å². The smallest absolute Gasteiger partial charge is 0.317 e. The number of aryl methyl sites for hydroxylation is 1. The average molecular weight is 840 g/mol. The number of ether oxygens (including phenoxy) is 8. The maximum Gasteiger partial charge on any atom is 0.317 e. The van der Waals surface area contributed by atoms with E-state index in [4.69, 9.17) is 58.5 Å². The van der Waals surface area contributed by atoms with Crippen molar-refractivity contribution in [3.8, 4) is 34.5 Å². The van der Waals surface area contributed by atoms with Gasteiger partial charge in [0.2, 0.25) is 6.79 Å². The number of hydrogen-bond donors (Lipinski definition) is 5. The lowest BCUT2D eigenvalue weighted by atomic mass is 9.86. The minimum Gasteiger partial charge on any atom is -0.508 e. The van der Waals surface area contributed by atoms with E-state index in [2.05, 4.69) is 13.8 Å². The molecule has 0 aliphatic carbocycles. The summed E-state index contributed by atoms with van der Waals surface area (Å²) >= 11 is 0. The number of phenolic OH excluding ortho intramolecular Hbond substituents is 1. The Hall–Kier alpha value is -4.88. The molecule has 0 amide bonds. The first-order valence-electron chi connectivity index (χ1n) is 20.3. The van der Waals surface area contributed by atoms with Gasteiger partial charge in [0.05, 0.1) is 19.1 Å². The van der Waals surface area contributed by atoms with Gasteiger partial charge in [-0.2, -0.15) is 4.89 Å². The van der Waals surface area contributed by atoms with Crippen LogP contribution in [-0.2, 0) is 52.7 Å². The van der Waals surface area contributed by atoms with E-state index in [1.54, 1.807) is 18.2 Å². The number of hydrogen-bond acceptors (Lipinski definition) is 16. The van der Waals surface area contributed by atoms with Gasteiger partial charge in [0.1, 0.15) is 54.7 Å². The second kappa shape index (κ2) is 19.2. The highest BCUT2D eigenvalue weighted by molar-refractivity contribution is 5.90. The molecule has 1 saturated heterocycles. The SMILES string of the molecule is CCc1cc(O)cc(Cc2cc3c(cc2OOC2C(OCCN)OC(COC(=O)CC(=O)O)C(OCCCO)C2O)C2Oc4c(cc5c(c4CC(C)C)OCO5)C2CO3)c1. The molecule has 326 valence electrons. The number of fused-ring (bicyclic) bond motifs is 6. The Bertz CT molecular complexity index is 2010. The molecule has 0 aromatic heterocycles. The van der Waals surface area contributed by atoms with Crippen molar-refractivity contribution in [3.05, 3.63) is 69.8 Å². The van der Waals surface area contributed by atoms with Gasteiger partial charge in [-0.3, -0.25) is 9.59 Å². The van der Waals surface area contributed by atoms with Gasteiger partial charge in [0.25, 0.3) is 0 Å². The van der Waals surface area contributed by atoms with Gasteiger partial charge in [0.15, 0.2) is 29.6 Å². The van der Waals surface area contributed by atoms with Crippen LogP contribution in [0.15, 0.2) is 36.4 Å². The molecule has 7 unspecified atom stereocenters. The standard InChI is InChI=1S/C43H53NO16/c1-4-23-11-24(14-26(46)13-23)12-25-15-32-28(39-30(19-53-32)27-16-33-40(56-21-55-33)29(10-22(2)3)38(27)58-39)17-31(25)59-60-42-37(50)41(51-8-5-7-45)34(57-43(42)52-9-6-44)20-54-36(49)18-35(47)48/h11,13-17,22,30,34,37,39,41-43,45-46,50H,4-10,12,18-21,44H2,1-3H3,(H,47,48). The topological polar surface area (TPSA) is 233 Å². The molecule has 3 aromatic rings. The molecule has 4 aliphatic heterocycles. The van der Waals surface area contributed by atoms with Crippen molar-refractivity contribution in [1.29, 1.82) is 0 Å². The number of aromatic hydroxyl groups is 1. The summed E-state index contributed by atoms with van der Waals surface area (Å²) in [5.74, 6) is 0.778. The highest BCUT2D eigenvalue weighted by atomic mass is 17.2. The number of carboxylic acids is 1. The van der Waals surface area contributed by atoms with Gasteiger partial charge in [-0.15, -0.1) is 0 Å². The average Bonchev–Trinajstić information content (AvgIpc) is 3.84. The third-order valence-corrected chi connectivity index (χ3v) is 10.7. The van der Waals surface area contributed by atoms with Crippen LogP contribution >= 0.6 is 0 Å². The molecule has 6 N–H and O–H groups in total. The molecule has 7 atom stereocenters. The van der Waals surface area contributed by atoms with E-state index in [0.717, 1.165) is 28.0 Å². The van der Waals surface area contributed by atoms with Crippen LogP contribution in [0.2, 0.25) is 0 Å². The fourth-order valence-corrected chi connectivity index (χ4v) is 7.98. The molecule has 0 spiro atoms. The summed E-state index contributed by atoms with van der Waals surface area (Å²) in [6, 6.07) is 11.0. The molecule has 4 heterocycles. The molecular formula is C43H53NO16. The quantitative estimate of drug-likeness (QED) is 0.0381. The fraction of sp³-hybridized carbons (Fsp3) is 0.535. The molecular weight excluding hydrogens is 786 g/mol. The molecule has 60 heavy (non-hydrogen) atoms. The van der Waals surface area contributed by atoms with E-state index >= 15 is 0 Å². The zero-order valence-corrected chi connectivity index (χ0v) is 33.8. The minimum atomic E-state index is -1.52. The predicted molar refractivity (Wildman–Crippen MR) is 209 cm³/mol. The molecule has 7 rings (SSSR count). The Morgan fingerprint density at radius 3 is 2.52 bits per heavy atom. The number of benzene rings is 3. The summed E-state index contributed by atoms with van der Waals surface area (Å²) in [5, 5.41) is 40.8. The molecule has 0 bridgehead atoms. The molecule has 0 radical (unpaired) electrons. The number of carboxylic acid groups (broad SMARTS) is 1. The van der Waals surface area contributed by atoms with E-state index in [9.17, 15) is 24.9 Å². The van der Waals surface area contributed by atoms with E-state index in [0.29, 0.717) is 60.2 Å². The first-order chi connectivity index (χ1) is 29.0. The summed E-state index contributed by atoms with van der Waals surface area (Å²) in [6.45, 7) is 6.11. The number of carbonyl (C=O) groups is 2. The van der Waals surface area contributed by atoms with E-state index in [1.165, 1.54) is 0 Å². The maximum absolute atomic E-state index is 12.1. The van der Waals surface area contributed by atoms with Crippen molar-refractivity contribution in [2.45, 2.75) is 95.6 Å². The third kappa shape index (κ3) is 9.52. The van der Waals surface area contributed by atoms with Gasteiger partial charge in [-0.25, -0.2) is 0 Å². The molecule has 3 aromatic carbocycles. The minimum absolute atomic E-state index is 0.00718. The summed E-state index contributed by atoms with van der Waals surface area (Å²) in [6.07, 6.45) is -5.97. The van der Waals surface area contributed by atoms with E-state index in [1.807, 2.05) is 25.1 Å². The number of aliphatic carboxylic acids is 1. The highest BCUT2D eigenvalue weighted by Gasteiger charge is 2.50. The number of phenols is 1. The van der Waals surface area contributed by atoms with Crippen molar-refractivity contribution in [3.63, 3.8) is 0 Å². The number of carbonyl (C=O) groups excluding carboxylic acids is 1. The number of aliphatic hydroxyl groups is 2. The summed E-state index contributed by atoms with van der Waals surface area (Å²) in [7, 11) is 0. The molecule has 17 heteroatoms. The first kappa shape index (κ1) is 43.2. The molecule has 17 nitrogen and oxygen atoms in total. The van der Waals surface area contributed by atoms with Crippen molar-refractivity contribution < 1.29 is 77.7 Å². The Labute approximate surface area is 347 Å². The van der Waals surface area contributed by atoms with Gasteiger partial charge < -0.3 is 68.9 Å². The monoisotopic (exact) mass is 839 g/mol. The highest BCUT2D eigenvalue weighted by Crippen LogP contribution is 2.57. The van der Waals surface area contributed by atoms with Crippen molar-refractivity contribution in [2.75, 3.05) is 46.4 Å². The normalized spacial score (nSPS) is 23.6. The van der Waals surface area contributed by atoms with E-state index < -0.39 is 61.8 Å². The lowest BCUT2D eigenvalue weighted by molar-refractivity contribution is -0.375. The van der Waals surface area contributed by atoms with Crippen LogP contribution in [0, 0.1) is 5.92 Å². The lowest BCUT2D eigenvalue weighted by Gasteiger charge is -2.42. The van der Waals surface area contributed by atoms with Gasteiger partial charge in [0, 0.05) is 48.4 Å². The number of esters is 1. The van der Waals surface area contributed by atoms with Crippen LogP contribution in [0.3, 0.4) is 0 Å². The Balaban J connectivity index is 1.21. The van der Waals surface area contributed by atoms with Gasteiger partial charge >= 0.3 is 11.9 Å². The second-order valence-electron chi connectivity index (χ2n) is 15.6. The van der Waals surface area contributed by atoms with Crippen LogP contribution in [0.25, 0.3) is 0 Å². The summed E-state index contributed by atoms with van der Waals surface area (Å²) in [5.41, 5.74) is 10.7.